The van der Waals surface area contributed by atoms with Crippen LogP contribution in [0.4, 0.5) is 10.5 Å². The van der Waals surface area contributed by atoms with Crippen LogP contribution in [0.15, 0.2) is 115 Å². The highest BCUT2D eigenvalue weighted by Gasteiger charge is 2.33. The Morgan fingerprint density at radius 3 is 2.30 bits per heavy atom. The number of nitrogens with one attached hydrogen (secondary N) is 4. The summed E-state index contributed by atoms with van der Waals surface area (Å²) in [7, 11) is 1.29. The molecule has 1 aromatic heterocycles. The number of benzene rings is 4. The summed E-state index contributed by atoms with van der Waals surface area (Å²) in [6.45, 7) is 1.88. The smallest absolute Gasteiger partial charge is 0.407 e. The zero-order chi connectivity index (χ0) is 32.4. The number of hydrogen-bond acceptors (Lipinski definition) is 6. The van der Waals surface area contributed by atoms with Crippen LogP contribution in [0.25, 0.3) is 10.9 Å². The van der Waals surface area contributed by atoms with E-state index in [1.165, 1.54) is 7.11 Å². The van der Waals surface area contributed by atoms with Gasteiger partial charge in [-0.25, -0.2) is 4.79 Å². The minimum Gasteiger partial charge on any atom is -0.489 e. The number of carbonyl (C=O) groups is 2. The number of H-pyrrole nitrogens is 1. The Kier molecular flexibility index (Phi) is 10.5. The monoisotopic (exact) mass is 632 g/mol. The fraction of sp³-hybridized carbons (Fsp3) is 0.263. The minimum atomic E-state index is -0.941. The molecule has 2 amide bonds. The summed E-state index contributed by atoms with van der Waals surface area (Å²) >= 11 is 0. The summed E-state index contributed by atoms with van der Waals surface area (Å²) < 4.78 is 17.5. The Hall–Kier alpha value is -5.12. The van der Waals surface area contributed by atoms with Crippen molar-refractivity contribution in [2.24, 2.45) is 0 Å². The van der Waals surface area contributed by atoms with E-state index in [0.29, 0.717) is 25.3 Å². The van der Waals surface area contributed by atoms with Crippen molar-refractivity contribution >= 4 is 28.6 Å². The van der Waals surface area contributed by atoms with Gasteiger partial charge in [-0.05, 0) is 47.7 Å². The van der Waals surface area contributed by atoms with E-state index in [0.717, 1.165) is 46.3 Å². The molecule has 1 aliphatic heterocycles. The van der Waals surface area contributed by atoms with Crippen LogP contribution in [0, 0.1) is 0 Å². The molecule has 3 unspecified atom stereocenters. The number of morpholine rings is 1. The zero-order valence-corrected chi connectivity index (χ0v) is 26.4. The molecule has 2 heterocycles. The first-order valence-electron chi connectivity index (χ1n) is 16.0. The van der Waals surface area contributed by atoms with Crippen molar-refractivity contribution in [3.8, 4) is 5.75 Å². The number of rotatable bonds is 12. The van der Waals surface area contributed by atoms with Crippen LogP contribution in [0.1, 0.15) is 29.0 Å². The third-order valence-electron chi connectivity index (χ3n) is 8.51. The first-order valence-corrected chi connectivity index (χ1v) is 16.0. The molecule has 4 N–H and O–H groups in total. The molecule has 6 rings (SSSR count). The van der Waals surface area contributed by atoms with Gasteiger partial charge in [-0.15, -0.1) is 0 Å². The molecule has 1 saturated heterocycles. The Morgan fingerprint density at radius 1 is 0.851 bits per heavy atom. The molecule has 0 spiro atoms. The third kappa shape index (κ3) is 8.00. The average molecular weight is 633 g/mol. The van der Waals surface area contributed by atoms with E-state index in [1.54, 1.807) is 0 Å². The number of para-hydroxylation sites is 2. The van der Waals surface area contributed by atoms with Gasteiger partial charge < -0.3 is 35.1 Å². The van der Waals surface area contributed by atoms with Crippen molar-refractivity contribution in [3.05, 3.63) is 132 Å². The number of anilines is 1. The number of amides is 2. The highest BCUT2D eigenvalue weighted by Crippen LogP contribution is 2.30. The lowest BCUT2D eigenvalue weighted by Crippen LogP contribution is -2.48. The number of alkyl carbamates (subject to hydrolysis) is 1. The number of hydrogen-bond donors (Lipinski definition) is 4. The van der Waals surface area contributed by atoms with Crippen LogP contribution in [0.2, 0.25) is 0 Å². The number of fused-ring (bicyclic) bond motifs is 1. The van der Waals surface area contributed by atoms with Gasteiger partial charge in [0.2, 0.25) is 5.91 Å². The van der Waals surface area contributed by atoms with Gasteiger partial charge >= 0.3 is 6.09 Å². The number of aromatic nitrogens is 1. The molecule has 1 aliphatic rings. The molecule has 4 aromatic carbocycles. The number of ether oxygens (including phenoxy) is 3. The second-order valence-corrected chi connectivity index (χ2v) is 11.6. The molecular formula is C38H40N4O5. The number of methoxy groups -OCH3 is 1. The number of aromatic amines is 1. The Labute approximate surface area is 274 Å². The Bertz CT molecular complexity index is 1720. The van der Waals surface area contributed by atoms with E-state index < -0.39 is 18.1 Å². The molecule has 0 aliphatic carbocycles. The minimum absolute atomic E-state index is 0.0170. The van der Waals surface area contributed by atoms with Crippen LogP contribution < -0.4 is 20.7 Å². The number of aryl methyl sites for hydroxylation is 1. The number of carbonyl (C=O) groups excluding carboxylic acids is 2. The van der Waals surface area contributed by atoms with Crippen LogP contribution in [0.5, 0.6) is 5.75 Å². The largest absolute Gasteiger partial charge is 0.489 e. The zero-order valence-electron chi connectivity index (χ0n) is 26.4. The first kappa shape index (κ1) is 31.8. The van der Waals surface area contributed by atoms with Crippen molar-refractivity contribution in [3.63, 3.8) is 0 Å². The van der Waals surface area contributed by atoms with Gasteiger partial charge in [-0.1, -0.05) is 91.0 Å². The SMILES string of the molecule is COC(=O)NC(C(=O)Nc1ccccc1CCC1CNCC(COc2cccc3cc[nH]c23)O1)C(c1ccccc1)c1ccccc1. The van der Waals surface area contributed by atoms with E-state index in [9.17, 15) is 9.59 Å². The maximum absolute atomic E-state index is 14.1. The molecular weight excluding hydrogens is 592 g/mol. The van der Waals surface area contributed by atoms with Crippen molar-refractivity contribution in [2.75, 3.05) is 32.1 Å². The summed E-state index contributed by atoms with van der Waals surface area (Å²) in [5.41, 5.74) is 4.45. The van der Waals surface area contributed by atoms with Gasteiger partial charge in [0.25, 0.3) is 0 Å². The van der Waals surface area contributed by atoms with Crippen LogP contribution >= 0.6 is 0 Å². The van der Waals surface area contributed by atoms with Gasteiger partial charge in [0.15, 0.2) is 0 Å². The van der Waals surface area contributed by atoms with Crippen LogP contribution in [0.3, 0.4) is 0 Å². The van der Waals surface area contributed by atoms with Crippen molar-refractivity contribution in [1.82, 2.24) is 15.6 Å². The lowest BCUT2D eigenvalue weighted by molar-refractivity contribution is -0.118. The van der Waals surface area contributed by atoms with Gasteiger partial charge in [0.1, 0.15) is 24.5 Å². The standard InChI is InChI=1S/C38H40N4O5/c1-45-38(44)42-36(34(27-12-4-2-5-13-27)28-14-6-3-7-15-28)37(43)41-32-17-9-8-11-26(32)19-20-30-23-39-24-31(47-30)25-46-33-18-10-16-29-21-22-40-35(29)33/h2-18,21-22,30-31,34,36,39-40H,19-20,23-25H2,1H3,(H,41,43)(H,42,44). The van der Waals surface area contributed by atoms with Crippen molar-refractivity contribution in [2.45, 2.75) is 37.0 Å². The molecule has 9 nitrogen and oxygen atoms in total. The highest BCUT2D eigenvalue weighted by molar-refractivity contribution is 5.98. The Balaban J connectivity index is 1.13. The van der Waals surface area contributed by atoms with Gasteiger partial charge in [-0.3, -0.25) is 4.79 Å². The Morgan fingerprint density at radius 2 is 1.55 bits per heavy atom. The van der Waals surface area contributed by atoms with E-state index in [4.69, 9.17) is 14.2 Å². The van der Waals surface area contributed by atoms with E-state index >= 15 is 0 Å². The predicted molar refractivity (Wildman–Crippen MR) is 183 cm³/mol. The lowest BCUT2D eigenvalue weighted by Gasteiger charge is -2.31. The second-order valence-electron chi connectivity index (χ2n) is 11.6. The molecule has 9 heteroatoms. The van der Waals surface area contributed by atoms with Gasteiger partial charge in [0.05, 0.1) is 18.7 Å². The topological polar surface area (TPSA) is 114 Å². The maximum atomic E-state index is 14.1. The molecule has 0 bridgehead atoms. The lowest BCUT2D eigenvalue weighted by atomic mass is 9.84. The van der Waals surface area contributed by atoms with Gasteiger partial charge in [0, 0.05) is 36.3 Å². The summed E-state index contributed by atoms with van der Waals surface area (Å²) in [4.78, 5) is 29.9. The molecule has 5 aromatic rings. The van der Waals surface area contributed by atoms with E-state index in [-0.39, 0.29) is 18.1 Å². The normalized spacial score (nSPS) is 16.8. The quantitative estimate of drug-likeness (QED) is 0.134. The van der Waals surface area contributed by atoms with E-state index in [2.05, 4.69) is 20.9 Å². The molecule has 1 fully saturated rings. The third-order valence-corrected chi connectivity index (χ3v) is 8.51. The molecule has 47 heavy (non-hydrogen) atoms. The summed E-state index contributed by atoms with van der Waals surface area (Å²) in [5, 5.41) is 10.5. The van der Waals surface area contributed by atoms with E-state index in [1.807, 2.05) is 115 Å². The fourth-order valence-corrected chi connectivity index (χ4v) is 6.17. The first-order chi connectivity index (χ1) is 23.1. The summed E-state index contributed by atoms with van der Waals surface area (Å²) in [5.74, 6) is 0.0172. The maximum Gasteiger partial charge on any atom is 0.407 e. The molecule has 0 saturated carbocycles. The second kappa shape index (κ2) is 15.4. The molecule has 0 radical (unpaired) electrons. The fourth-order valence-electron chi connectivity index (χ4n) is 6.17. The summed E-state index contributed by atoms with van der Waals surface area (Å²) in [6, 6.07) is 34.2. The van der Waals surface area contributed by atoms with Gasteiger partial charge in [-0.2, -0.15) is 0 Å². The summed E-state index contributed by atoms with van der Waals surface area (Å²) in [6.07, 6.45) is 2.56. The molecule has 3 atom stereocenters. The van der Waals surface area contributed by atoms with Crippen molar-refractivity contribution in [1.29, 1.82) is 0 Å². The molecule has 242 valence electrons. The average Bonchev–Trinajstić information content (AvgIpc) is 3.61. The van der Waals surface area contributed by atoms with Crippen LogP contribution in [-0.4, -0.2) is 62.0 Å². The predicted octanol–water partition coefficient (Wildman–Crippen LogP) is 6.03. The van der Waals surface area contributed by atoms with Crippen LogP contribution in [-0.2, 0) is 20.7 Å². The van der Waals surface area contributed by atoms with Crippen molar-refractivity contribution < 1.29 is 23.8 Å². The highest BCUT2D eigenvalue weighted by atomic mass is 16.5.